The lowest BCUT2D eigenvalue weighted by Crippen LogP contribution is -2.54. The Morgan fingerprint density at radius 1 is 0.935 bits per heavy atom. The molecule has 0 amide bonds. The number of methoxy groups -OCH3 is 1. The third kappa shape index (κ3) is 3.50. The number of ether oxygens (including phenoxy) is 2. The second-order valence-corrected chi connectivity index (χ2v) is 7.19. The average molecular weight is 432 g/mol. The first-order valence-electron chi connectivity index (χ1n) is 9.27. The smallest absolute Gasteiger partial charge is 0.197 e. The van der Waals surface area contributed by atoms with E-state index in [9.17, 15) is 35.4 Å². The Kier molecular flexibility index (Phi) is 5.33. The molecule has 0 saturated carbocycles. The zero-order valence-electron chi connectivity index (χ0n) is 16.2. The molecule has 2 aromatic carbocycles. The van der Waals surface area contributed by atoms with E-state index in [0.717, 1.165) is 12.1 Å². The second kappa shape index (κ2) is 7.84. The SMILES string of the molecule is CO[C@H]1O[C@@H](c2c(O)cc3oc(-c4ccc(O)cc4)cc(=O)c3c2O)[C@H](O)[C@@H](O)[C@@H]1O. The van der Waals surface area contributed by atoms with Gasteiger partial charge in [0.2, 0.25) is 0 Å². The highest BCUT2D eigenvalue weighted by atomic mass is 16.7. The normalized spacial score (nSPS) is 26.3. The summed E-state index contributed by atoms with van der Waals surface area (Å²) in [5, 5.41) is 60.8. The van der Waals surface area contributed by atoms with Crippen molar-refractivity contribution in [2.75, 3.05) is 7.11 Å². The Morgan fingerprint density at radius 2 is 1.61 bits per heavy atom. The molecule has 0 spiro atoms. The molecular weight excluding hydrogens is 412 g/mol. The van der Waals surface area contributed by atoms with Gasteiger partial charge >= 0.3 is 0 Å². The summed E-state index contributed by atoms with van der Waals surface area (Å²) in [5.74, 6) is -1.11. The van der Waals surface area contributed by atoms with Gasteiger partial charge in [0, 0.05) is 24.8 Å². The molecule has 6 N–H and O–H groups in total. The highest BCUT2D eigenvalue weighted by Crippen LogP contribution is 2.44. The minimum Gasteiger partial charge on any atom is -0.508 e. The Labute approximate surface area is 174 Å². The van der Waals surface area contributed by atoms with Crippen LogP contribution < -0.4 is 5.43 Å². The topological polar surface area (TPSA) is 170 Å². The van der Waals surface area contributed by atoms with Crippen molar-refractivity contribution < 1.29 is 44.5 Å². The summed E-state index contributed by atoms with van der Waals surface area (Å²) in [6, 6.07) is 8.07. The Balaban J connectivity index is 1.85. The molecule has 1 aromatic heterocycles. The molecule has 0 unspecified atom stereocenters. The monoisotopic (exact) mass is 432 g/mol. The Morgan fingerprint density at radius 3 is 2.26 bits per heavy atom. The fourth-order valence-electron chi connectivity index (χ4n) is 3.63. The van der Waals surface area contributed by atoms with Crippen molar-refractivity contribution in [2.45, 2.75) is 30.7 Å². The lowest BCUT2D eigenvalue weighted by Gasteiger charge is -2.40. The number of phenols is 3. The molecule has 1 aliphatic rings. The quantitative estimate of drug-likeness (QED) is 0.346. The van der Waals surface area contributed by atoms with Crippen LogP contribution in [0.2, 0.25) is 0 Å². The predicted molar refractivity (Wildman–Crippen MR) is 106 cm³/mol. The maximum Gasteiger partial charge on any atom is 0.197 e. The number of phenolic OH excluding ortho intramolecular Hbond substituents is 3. The van der Waals surface area contributed by atoms with Gasteiger partial charge in [-0.2, -0.15) is 0 Å². The fraction of sp³-hybridized carbons (Fsp3) is 0.286. The second-order valence-electron chi connectivity index (χ2n) is 7.19. The molecule has 164 valence electrons. The van der Waals surface area contributed by atoms with Crippen molar-refractivity contribution in [1.82, 2.24) is 0 Å². The number of hydrogen-bond donors (Lipinski definition) is 6. The number of rotatable bonds is 3. The highest BCUT2D eigenvalue weighted by molar-refractivity contribution is 5.88. The summed E-state index contributed by atoms with van der Waals surface area (Å²) in [7, 11) is 1.20. The van der Waals surface area contributed by atoms with E-state index < -0.39 is 47.6 Å². The summed E-state index contributed by atoms with van der Waals surface area (Å²) < 4.78 is 16.0. The van der Waals surface area contributed by atoms with Crippen LogP contribution in [0.5, 0.6) is 17.2 Å². The van der Waals surface area contributed by atoms with Crippen LogP contribution in [0, 0.1) is 0 Å². The number of fused-ring (bicyclic) bond motifs is 1. The van der Waals surface area contributed by atoms with Gasteiger partial charge in [-0.3, -0.25) is 4.79 Å². The first kappa shape index (κ1) is 21.1. The van der Waals surface area contributed by atoms with Crippen molar-refractivity contribution in [2.24, 2.45) is 0 Å². The maximum absolute atomic E-state index is 12.8. The van der Waals surface area contributed by atoms with E-state index in [1.165, 1.54) is 31.4 Å². The minimum absolute atomic E-state index is 0.0273. The first-order valence-corrected chi connectivity index (χ1v) is 9.27. The van der Waals surface area contributed by atoms with Gasteiger partial charge in [-0.15, -0.1) is 0 Å². The molecule has 0 bridgehead atoms. The van der Waals surface area contributed by atoms with E-state index >= 15 is 0 Å². The zero-order chi connectivity index (χ0) is 22.4. The molecule has 31 heavy (non-hydrogen) atoms. The van der Waals surface area contributed by atoms with Crippen LogP contribution in [-0.4, -0.2) is 62.4 Å². The number of aliphatic hydroxyl groups excluding tert-OH is 3. The third-order valence-electron chi connectivity index (χ3n) is 5.25. The Hall–Kier alpha value is -3.15. The maximum atomic E-state index is 12.8. The van der Waals surface area contributed by atoms with Gasteiger partial charge in [-0.25, -0.2) is 0 Å². The van der Waals surface area contributed by atoms with Crippen LogP contribution in [0.25, 0.3) is 22.3 Å². The van der Waals surface area contributed by atoms with Crippen LogP contribution >= 0.6 is 0 Å². The van der Waals surface area contributed by atoms with E-state index in [2.05, 4.69) is 0 Å². The van der Waals surface area contributed by atoms with Crippen molar-refractivity contribution >= 4 is 11.0 Å². The van der Waals surface area contributed by atoms with E-state index in [1.807, 2.05) is 0 Å². The average Bonchev–Trinajstić information content (AvgIpc) is 2.73. The molecule has 5 atom stereocenters. The van der Waals surface area contributed by atoms with Crippen molar-refractivity contribution in [3.05, 3.63) is 52.2 Å². The lowest BCUT2D eigenvalue weighted by atomic mass is 9.91. The van der Waals surface area contributed by atoms with Crippen LogP contribution in [-0.2, 0) is 9.47 Å². The fourth-order valence-corrected chi connectivity index (χ4v) is 3.63. The molecule has 1 saturated heterocycles. The largest absolute Gasteiger partial charge is 0.508 e. The van der Waals surface area contributed by atoms with E-state index in [0.29, 0.717) is 5.56 Å². The molecule has 1 fully saturated rings. The standard InChI is InChI=1S/C21H20O10/c1-29-21-19(28)17(26)18(27)20(31-21)15-11(24)7-13-14(16(15)25)10(23)6-12(30-13)8-2-4-9(22)5-3-8/h2-7,17-22,24-28H,1H3/t17-,18-,19+,20+,21+/m1/s1. The Bertz CT molecular complexity index is 1170. The van der Waals surface area contributed by atoms with Gasteiger partial charge in [-0.05, 0) is 24.3 Å². The predicted octanol–water partition coefficient (Wildman–Crippen LogP) is 0.703. The molecule has 10 nitrogen and oxygen atoms in total. The lowest BCUT2D eigenvalue weighted by molar-refractivity contribution is -0.292. The van der Waals surface area contributed by atoms with Crippen molar-refractivity contribution in [3.63, 3.8) is 0 Å². The summed E-state index contributed by atoms with van der Waals surface area (Å²) in [6.45, 7) is 0. The molecule has 0 radical (unpaired) electrons. The molecular formula is C21H20O10. The van der Waals surface area contributed by atoms with Crippen LogP contribution in [0.3, 0.4) is 0 Å². The van der Waals surface area contributed by atoms with Crippen LogP contribution in [0.15, 0.2) is 45.6 Å². The molecule has 1 aliphatic heterocycles. The summed E-state index contributed by atoms with van der Waals surface area (Å²) in [5.41, 5.74) is -0.663. The number of aromatic hydroxyl groups is 3. The van der Waals surface area contributed by atoms with E-state index in [1.54, 1.807) is 0 Å². The number of aliphatic hydroxyl groups is 3. The van der Waals surface area contributed by atoms with Crippen molar-refractivity contribution in [3.8, 4) is 28.6 Å². The number of hydrogen-bond acceptors (Lipinski definition) is 10. The summed E-state index contributed by atoms with van der Waals surface area (Å²) in [4.78, 5) is 12.8. The molecule has 4 rings (SSSR count). The zero-order valence-corrected chi connectivity index (χ0v) is 16.2. The van der Waals surface area contributed by atoms with Crippen LogP contribution in [0.1, 0.15) is 11.7 Å². The first-order chi connectivity index (χ1) is 14.7. The molecule has 2 heterocycles. The van der Waals surface area contributed by atoms with Gasteiger partial charge in [0.15, 0.2) is 11.7 Å². The minimum atomic E-state index is -1.74. The van der Waals surface area contributed by atoms with Crippen molar-refractivity contribution in [1.29, 1.82) is 0 Å². The summed E-state index contributed by atoms with van der Waals surface area (Å²) >= 11 is 0. The van der Waals surface area contributed by atoms with Gasteiger partial charge in [-0.1, -0.05) is 0 Å². The third-order valence-corrected chi connectivity index (χ3v) is 5.25. The summed E-state index contributed by atoms with van der Waals surface area (Å²) in [6.07, 6.45) is -7.88. The molecule has 3 aromatic rings. The van der Waals surface area contributed by atoms with Crippen LogP contribution in [0.4, 0.5) is 0 Å². The number of benzene rings is 2. The van der Waals surface area contributed by atoms with Gasteiger partial charge in [0.25, 0.3) is 0 Å². The van der Waals surface area contributed by atoms with Gasteiger partial charge in [0.05, 0.1) is 5.56 Å². The molecule has 10 heteroatoms. The highest BCUT2D eigenvalue weighted by Gasteiger charge is 2.46. The van der Waals surface area contributed by atoms with Gasteiger partial charge < -0.3 is 44.5 Å². The van der Waals surface area contributed by atoms with Gasteiger partial charge in [0.1, 0.15) is 58.4 Å². The van der Waals surface area contributed by atoms with E-state index in [4.69, 9.17) is 13.9 Å². The molecule has 0 aliphatic carbocycles. The van der Waals surface area contributed by atoms with E-state index in [-0.39, 0.29) is 28.0 Å².